The Hall–Kier alpha value is -0.640. The Kier molecular flexibility index (Phi) is 2.13. The first-order valence-electron chi connectivity index (χ1n) is 2.89. The van der Waals surface area contributed by atoms with Crippen LogP contribution in [0.3, 0.4) is 0 Å². The van der Waals surface area contributed by atoms with Crippen LogP contribution in [-0.2, 0) is 0 Å². The maximum Gasteiger partial charge on any atom is 0.415 e. The van der Waals surface area contributed by atoms with Crippen LogP contribution in [0.1, 0.15) is 6.42 Å². The van der Waals surface area contributed by atoms with Crippen molar-refractivity contribution in [3.8, 4) is 0 Å². The molecule has 0 spiro atoms. The predicted molar refractivity (Wildman–Crippen MR) is 35.8 cm³/mol. The highest BCUT2D eigenvalue weighted by Crippen LogP contribution is 2.32. The summed E-state index contributed by atoms with van der Waals surface area (Å²) in [7, 11) is 0. The third kappa shape index (κ3) is 1.89. The fraction of sp³-hybridized carbons (Fsp3) is 0.333. The van der Waals surface area contributed by atoms with Gasteiger partial charge >= 0.3 is 6.18 Å². The molecule has 1 aliphatic heterocycles. The molecule has 5 heteroatoms. The lowest BCUT2D eigenvalue weighted by Crippen LogP contribution is -2.19. The number of alkyl halides is 3. The first-order chi connectivity index (χ1) is 5.02. The monoisotopic (exact) mass is 183 g/mol. The molecule has 0 aliphatic carbocycles. The van der Waals surface area contributed by atoms with Crippen LogP contribution in [0, 0.1) is 0 Å². The summed E-state index contributed by atoms with van der Waals surface area (Å²) in [5, 5.41) is 1.95. The zero-order valence-corrected chi connectivity index (χ0v) is 6.13. The molecule has 1 nitrogen and oxygen atoms in total. The van der Waals surface area contributed by atoms with Crippen LogP contribution in [0.25, 0.3) is 0 Å². The van der Waals surface area contributed by atoms with E-state index >= 15 is 0 Å². The summed E-state index contributed by atoms with van der Waals surface area (Å²) in [6.07, 6.45) is -1.73. The van der Waals surface area contributed by atoms with Crippen LogP contribution in [-0.4, -0.2) is 6.18 Å². The molecular weight excluding hydrogens is 179 g/mol. The van der Waals surface area contributed by atoms with E-state index in [9.17, 15) is 13.2 Å². The SMILES string of the molecule is FC(F)(F)C1=C(Cl)NC=CC1. The average molecular weight is 184 g/mol. The second-order valence-corrected chi connectivity index (χ2v) is 2.42. The molecule has 0 saturated heterocycles. The molecular formula is C6H5ClF3N. The molecule has 62 valence electrons. The van der Waals surface area contributed by atoms with Gasteiger partial charge < -0.3 is 5.32 Å². The molecule has 1 aliphatic rings. The molecule has 11 heavy (non-hydrogen) atoms. The fourth-order valence-corrected chi connectivity index (χ4v) is 0.973. The first kappa shape index (κ1) is 8.46. The van der Waals surface area contributed by atoms with Gasteiger partial charge in [0.15, 0.2) is 0 Å². The predicted octanol–water partition coefficient (Wildman–Crippen LogP) is 2.51. The lowest BCUT2D eigenvalue weighted by molar-refractivity contribution is -0.0937. The van der Waals surface area contributed by atoms with Crippen LogP contribution in [0.4, 0.5) is 13.2 Å². The molecule has 0 fully saturated rings. The highest BCUT2D eigenvalue weighted by atomic mass is 35.5. The molecule has 0 atom stereocenters. The summed E-state index contributed by atoms with van der Waals surface area (Å²) < 4.78 is 35.9. The minimum absolute atomic E-state index is 0.157. The van der Waals surface area contributed by atoms with Gasteiger partial charge in [-0.2, -0.15) is 13.2 Å². The Morgan fingerprint density at radius 2 is 2.09 bits per heavy atom. The third-order valence-corrected chi connectivity index (χ3v) is 1.59. The normalized spacial score (nSPS) is 18.5. The van der Waals surface area contributed by atoms with Gasteiger partial charge in [-0.3, -0.25) is 0 Å². The van der Waals surface area contributed by atoms with Crippen molar-refractivity contribution in [3.05, 3.63) is 23.0 Å². The summed E-state index contributed by atoms with van der Waals surface area (Å²) in [6.45, 7) is 0. The Morgan fingerprint density at radius 3 is 2.45 bits per heavy atom. The highest BCUT2D eigenvalue weighted by Gasteiger charge is 2.35. The van der Waals surface area contributed by atoms with Crippen molar-refractivity contribution < 1.29 is 13.2 Å². The molecule has 1 heterocycles. The highest BCUT2D eigenvalue weighted by molar-refractivity contribution is 6.29. The first-order valence-corrected chi connectivity index (χ1v) is 3.27. The second-order valence-electron chi connectivity index (χ2n) is 2.04. The number of rotatable bonds is 0. The summed E-state index contributed by atoms with van der Waals surface area (Å²) in [6, 6.07) is 0. The van der Waals surface area contributed by atoms with Gasteiger partial charge in [-0.1, -0.05) is 17.7 Å². The molecule has 1 N–H and O–H groups in total. The van der Waals surface area contributed by atoms with Gasteiger partial charge in [-0.05, 0) is 6.20 Å². The molecule has 0 aromatic rings. The van der Waals surface area contributed by atoms with E-state index in [-0.39, 0.29) is 11.6 Å². The van der Waals surface area contributed by atoms with E-state index in [4.69, 9.17) is 11.6 Å². The van der Waals surface area contributed by atoms with Crippen LogP contribution in [0.15, 0.2) is 23.0 Å². The van der Waals surface area contributed by atoms with Crippen LogP contribution in [0.5, 0.6) is 0 Å². The summed E-state index contributed by atoms with van der Waals surface area (Å²) in [5.41, 5.74) is -0.721. The van der Waals surface area contributed by atoms with Crippen molar-refractivity contribution in [1.29, 1.82) is 0 Å². The summed E-state index contributed by atoms with van der Waals surface area (Å²) in [4.78, 5) is 0. The number of nitrogens with one attached hydrogen (secondary N) is 1. The molecule has 0 saturated carbocycles. The number of halogens is 4. The summed E-state index contributed by atoms with van der Waals surface area (Å²) >= 11 is 5.26. The van der Waals surface area contributed by atoms with Gasteiger partial charge in [0.25, 0.3) is 0 Å². The van der Waals surface area contributed by atoms with Gasteiger partial charge in [-0.15, -0.1) is 0 Å². The second kappa shape index (κ2) is 2.77. The van der Waals surface area contributed by atoms with Gasteiger partial charge in [0, 0.05) is 6.42 Å². The summed E-state index contributed by atoms with van der Waals surface area (Å²) in [5.74, 6) is 0. The van der Waals surface area contributed by atoms with Crippen LogP contribution >= 0.6 is 11.6 Å². The van der Waals surface area contributed by atoms with E-state index in [1.807, 2.05) is 0 Å². The van der Waals surface area contributed by atoms with Crippen molar-refractivity contribution in [3.63, 3.8) is 0 Å². The van der Waals surface area contributed by atoms with Gasteiger partial charge in [0.05, 0.1) is 5.57 Å². The third-order valence-electron chi connectivity index (χ3n) is 1.26. The van der Waals surface area contributed by atoms with Crippen molar-refractivity contribution in [2.75, 3.05) is 0 Å². The van der Waals surface area contributed by atoms with Crippen molar-refractivity contribution in [1.82, 2.24) is 5.32 Å². The molecule has 0 amide bonds. The molecule has 0 bridgehead atoms. The molecule has 0 unspecified atom stereocenters. The standard InChI is InChI=1S/C6H5ClF3N/c7-5-4(6(8,9)10)2-1-3-11-5/h1,3,11H,2H2. The zero-order valence-electron chi connectivity index (χ0n) is 5.37. The Morgan fingerprint density at radius 1 is 1.45 bits per heavy atom. The molecule has 0 radical (unpaired) electrons. The zero-order chi connectivity index (χ0) is 8.48. The average Bonchev–Trinajstić information content (AvgIpc) is 1.86. The van der Waals surface area contributed by atoms with Gasteiger partial charge in [0.1, 0.15) is 5.16 Å². The molecule has 0 aromatic carbocycles. The number of hydrogen-bond donors (Lipinski definition) is 1. The van der Waals surface area contributed by atoms with Gasteiger partial charge in [0.2, 0.25) is 0 Å². The van der Waals surface area contributed by atoms with Crippen LogP contribution < -0.4 is 5.32 Å². The topological polar surface area (TPSA) is 12.0 Å². The Balaban J connectivity index is 2.85. The molecule has 1 rings (SSSR count). The van der Waals surface area contributed by atoms with Crippen molar-refractivity contribution in [2.45, 2.75) is 12.6 Å². The minimum atomic E-state index is -4.32. The quantitative estimate of drug-likeness (QED) is 0.569. The largest absolute Gasteiger partial charge is 0.415 e. The molecule has 0 aromatic heterocycles. The fourth-order valence-electron chi connectivity index (χ4n) is 0.726. The smallest absolute Gasteiger partial charge is 0.353 e. The maximum atomic E-state index is 12.0. The van der Waals surface area contributed by atoms with Crippen molar-refractivity contribution >= 4 is 11.6 Å². The Bertz CT molecular complexity index is 216. The lowest BCUT2D eigenvalue weighted by atomic mass is 10.1. The van der Waals surface area contributed by atoms with Crippen LogP contribution in [0.2, 0.25) is 0 Å². The minimum Gasteiger partial charge on any atom is -0.353 e. The van der Waals surface area contributed by atoms with E-state index in [2.05, 4.69) is 5.32 Å². The lowest BCUT2D eigenvalue weighted by Gasteiger charge is -2.15. The van der Waals surface area contributed by atoms with Crippen molar-refractivity contribution in [2.24, 2.45) is 0 Å². The van der Waals surface area contributed by atoms with E-state index in [0.29, 0.717) is 0 Å². The van der Waals surface area contributed by atoms with E-state index in [1.165, 1.54) is 12.3 Å². The number of dihydropyridines is 1. The van der Waals surface area contributed by atoms with E-state index in [1.54, 1.807) is 0 Å². The Labute approximate surface area is 66.5 Å². The number of allylic oxidation sites excluding steroid dienone is 2. The maximum absolute atomic E-state index is 12.0. The van der Waals surface area contributed by atoms with E-state index in [0.717, 1.165) is 0 Å². The number of hydrogen-bond acceptors (Lipinski definition) is 1. The van der Waals surface area contributed by atoms with Gasteiger partial charge in [-0.25, -0.2) is 0 Å². The van der Waals surface area contributed by atoms with E-state index < -0.39 is 11.7 Å².